The Kier molecular flexibility index (Phi) is 9.11. The number of piperazine rings is 1. The first-order valence-electron chi connectivity index (χ1n) is 14.6. The molecule has 226 valence electrons. The molecule has 5 aromatic rings. The van der Waals surface area contributed by atoms with Crippen molar-refractivity contribution in [2.45, 2.75) is 24.3 Å². The first kappa shape index (κ1) is 29.3. The topological polar surface area (TPSA) is 98.8 Å². The van der Waals surface area contributed by atoms with Gasteiger partial charge in [-0.25, -0.2) is 4.98 Å². The summed E-state index contributed by atoms with van der Waals surface area (Å²) in [5.74, 6) is 3.17. The SMILES string of the molecule is CCOc1ccccc1N1CCN(C(=O)c2coc(CSc3nnc(Cc4ccccc4)n3-c3ccc(OC)cc3)n2)CC1. The number of hydrogen-bond acceptors (Lipinski definition) is 9. The molecular formula is C33H34N6O4S. The molecule has 0 saturated carbocycles. The van der Waals surface area contributed by atoms with Gasteiger partial charge in [0.2, 0.25) is 5.89 Å². The van der Waals surface area contributed by atoms with Crippen molar-refractivity contribution in [2.24, 2.45) is 0 Å². The van der Waals surface area contributed by atoms with Gasteiger partial charge in [-0.3, -0.25) is 9.36 Å². The monoisotopic (exact) mass is 610 g/mol. The molecule has 6 rings (SSSR count). The van der Waals surface area contributed by atoms with Crippen molar-refractivity contribution < 1.29 is 18.7 Å². The number of methoxy groups -OCH3 is 1. The minimum Gasteiger partial charge on any atom is -0.497 e. The van der Waals surface area contributed by atoms with Crippen molar-refractivity contribution in [3.63, 3.8) is 0 Å². The molecule has 2 aromatic heterocycles. The molecule has 1 amide bonds. The van der Waals surface area contributed by atoms with Gasteiger partial charge in [-0.05, 0) is 48.9 Å². The average molecular weight is 611 g/mol. The highest BCUT2D eigenvalue weighted by molar-refractivity contribution is 7.98. The molecule has 3 heterocycles. The zero-order valence-electron chi connectivity index (χ0n) is 24.8. The standard InChI is InChI=1S/C33H34N6O4S/c1-3-42-29-12-8-7-11-28(29)37-17-19-38(20-18-37)32(40)27-22-43-31(34-27)23-44-33-36-35-30(21-24-9-5-4-6-10-24)39(33)25-13-15-26(41-2)16-14-25/h4-16,22H,3,17-21,23H2,1-2H3. The van der Waals surface area contributed by atoms with Gasteiger partial charge in [0, 0.05) is 38.3 Å². The molecule has 44 heavy (non-hydrogen) atoms. The third-order valence-electron chi connectivity index (χ3n) is 7.40. The van der Waals surface area contributed by atoms with E-state index in [4.69, 9.17) is 13.9 Å². The predicted octanol–water partition coefficient (Wildman–Crippen LogP) is 5.51. The molecule has 0 unspecified atom stereocenters. The number of amides is 1. The van der Waals surface area contributed by atoms with Crippen molar-refractivity contribution >= 4 is 23.4 Å². The van der Waals surface area contributed by atoms with Crippen LogP contribution in [-0.4, -0.2) is 70.5 Å². The van der Waals surface area contributed by atoms with Crippen molar-refractivity contribution in [3.8, 4) is 17.2 Å². The first-order valence-corrected chi connectivity index (χ1v) is 15.6. The van der Waals surface area contributed by atoms with Gasteiger partial charge in [0.1, 0.15) is 23.6 Å². The second-order valence-corrected chi connectivity index (χ2v) is 11.1. The third-order valence-corrected chi connectivity index (χ3v) is 8.32. The molecule has 0 bridgehead atoms. The Morgan fingerprint density at radius 2 is 1.68 bits per heavy atom. The van der Waals surface area contributed by atoms with Gasteiger partial charge in [0.25, 0.3) is 5.91 Å². The Bertz CT molecular complexity index is 1680. The number of aromatic nitrogens is 4. The van der Waals surface area contributed by atoms with E-state index in [1.54, 1.807) is 7.11 Å². The van der Waals surface area contributed by atoms with E-state index in [2.05, 4.69) is 38.3 Å². The van der Waals surface area contributed by atoms with Crippen LogP contribution in [0.3, 0.4) is 0 Å². The number of para-hydroxylation sites is 2. The molecular weight excluding hydrogens is 576 g/mol. The number of carbonyl (C=O) groups excluding carboxylic acids is 1. The summed E-state index contributed by atoms with van der Waals surface area (Å²) in [5, 5.41) is 9.72. The fourth-order valence-corrected chi connectivity index (χ4v) is 6.01. The fourth-order valence-electron chi connectivity index (χ4n) is 5.19. The number of nitrogens with zero attached hydrogens (tertiary/aromatic N) is 6. The zero-order chi connectivity index (χ0) is 30.3. The molecule has 0 atom stereocenters. The maximum absolute atomic E-state index is 13.3. The molecule has 10 nitrogen and oxygen atoms in total. The van der Waals surface area contributed by atoms with E-state index in [-0.39, 0.29) is 5.91 Å². The minimum absolute atomic E-state index is 0.130. The van der Waals surface area contributed by atoms with Crippen molar-refractivity contribution in [1.29, 1.82) is 0 Å². The van der Waals surface area contributed by atoms with Crippen LogP contribution < -0.4 is 14.4 Å². The van der Waals surface area contributed by atoms with Crippen LogP contribution in [0.25, 0.3) is 5.69 Å². The van der Waals surface area contributed by atoms with Crippen LogP contribution in [0.5, 0.6) is 11.5 Å². The predicted molar refractivity (Wildman–Crippen MR) is 169 cm³/mol. The summed E-state index contributed by atoms with van der Waals surface area (Å²) in [6, 6.07) is 26.0. The number of thioether (sulfide) groups is 1. The van der Waals surface area contributed by atoms with Crippen LogP contribution in [0.15, 0.2) is 94.7 Å². The summed E-state index contributed by atoms with van der Waals surface area (Å²) in [4.78, 5) is 21.9. The molecule has 11 heteroatoms. The second-order valence-electron chi connectivity index (χ2n) is 10.2. The molecule has 0 spiro atoms. The number of oxazole rings is 1. The van der Waals surface area contributed by atoms with Gasteiger partial charge >= 0.3 is 0 Å². The van der Waals surface area contributed by atoms with Crippen LogP contribution in [0.2, 0.25) is 0 Å². The highest BCUT2D eigenvalue weighted by atomic mass is 32.2. The normalized spacial score (nSPS) is 13.2. The Balaban J connectivity index is 1.12. The lowest BCUT2D eigenvalue weighted by atomic mass is 10.1. The molecule has 1 saturated heterocycles. The van der Waals surface area contributed by atoms with Crippen LogP contribution >= 0.6 is 11.8 Å². The van der Waals surface area contributed by atoms with E-state index >= 15 is 0 Å². The van der Waals surface area contributed by atoms with Crippen LogP contribution in [0.1, 0.15) is 34.7 Å². The van der Waals surface area contributed by atoms with Gasteiger partial charge in [-0.1, -0.05) is 54.2 Å². The number of ether oxygens (including phenoxy) is 2. The number of hydrogen-bond donors (Lipinski definition) is 0. The van der Waals surface area contributed by atoms with Crippen molar-refractivity contribution in [3.05, 3.63) is 108 Å². The summed E-state index contributed by atoms with van der Waals surface area (Å²) in [5.41, 5.74) is 3.43. The zero-order valence-corrected chi connectivity index (χ0v) is 25.6. The molecule has 3 aromatic carbocycles. The van der Waals surface area contributed by atoms with E-state index in [1.165, 1.54) is 18.0 Å². The summed E-state index contributed by atoms with van der Waals surface area (Å²) < 4.78 is 18.9. The van der Waals surface area contributed by atoms with Gasteiger partial charge in [0.15, 0.2) is 10.9 Å². The third kappa shape index (κ3) is 6.57. The maximum atomic E-state index is 13.3. The van der Waals surface area contributed by atoms with Crippen molar-refractivity contribution in [1.82, 2.24) is 24.6 Å². The van der Waals surface area contributed by atoms with E-state index < -0.39 is 0 Å². The van der Waals surface area contributed by atoms with Crippen LogP contribution in [-0.2, 0) is 12.2 Å². The van der Waals surface area contributed by atoms with Gasteiger partial charge in [-0.2, -0.15) is 0 Å². The summed E-state index contributed by atoms with van der Waals surface area (Å²) in [7, 11) is 1.65. The van der Waals surface area contributed by atoms with E-state index in [9.17, 15) is 4.79 Å². The van der Waals surface area contributed by atoms with E-state index in [0.717, 1.165) is 34.3 Å². The summed E-state index contributed by atoms with van der Waals surface area (Å²) >= 11 is 1.46. The lowest BCUT2D eigenvalue weighted by Crippen LogP contribution is -2.49. The lowest BCUT2D eigenvalue weighted by Gasteiger charge is -2.36. The largest absolute Gasteiger partial charge is 0.497 e. The van der Waals surface area contributed by atoms with Crippen molar-refractivity contribution in [2.75, 3.05) is 44.8 Å². The van der Waals surface area contributed by atoms with Gasteiger partial charge < -0.3 is 23.7 Å². The number of anilines is 1. The summed E-state index contributed by atoms with van der Waals surface area (Å²) in [6.45, 7) is 5.19. The molecule has 1 aliphatic heterocycles. The van der Waals surface area contributed by atoms with E-state index in [0.29, 0.717) is 61.7 Å². The Hall–Kier alpha value is -4.77. The Morgan fingerprint density at radius 1 is 0.932 bits per heavy atom. The molecule has 0 N–H and O–H groups in total. The van der Waals surface area contributed by atoms with Crippen LogP contribution in [0.4, 0.5) is 5.69 Å². The summed E-state index contributed by atoms with van der Waals surface area (Å²) in [6.07, 6.45) is 2.08. The first-order chi connectivity index (χ1) is 21.6. The maximum Gasteiger partial charge on any atom is 0.275 e. The lowest BCUT2D eigenvalue weighted by molar-refractivity contribution is 0.0740. The molecule has 0 radical (unpaired) electrons. The Morgan fingerprint density at radius 3 is 2.43 bits per heavy atom. The quantitative estimate of drug-likeness (QED) is 0.179. The minimum atomic E-state index is -0.130. The molecule has 0 aliphatic carbocycles. The number of carbonyl (C=O) groups is 1. The van der Waals surface area contributed by atoms with E-state index in [1.807, 2.05) is 77.1 Å². The van der Waals surface area contributed by atoms with Crippen LogP contribution in [0, 0.1) is 0 Å². The van der Waals surface area contributed by atoms with Gasteiger partial charge in [0.05, 0.1) is 25.2 Å². The molecule has 1 aliphatic rings. The smallest absolute Gasteiger partial charge is 0.275 e. The molecule has 1 fully saturated rings. The fraction of sp³-hybridized carbons (Fsp3) is 0.273. The number of rotatable bonds is 11. The second kappa shape index (κ2) is 13.7. The highest BCUT2D eigenvalue weighted by Crippen LogP contribution is 2.30. The number of benzene rings is 3. The Labute approximate surface area is 260 Å². The highest BCUT2D eigenvalue weighted by Gasteiger charge is 2.26. The van der Waals surface area contributed by atoms with Gasteiger partial charge in [-0.15, -0.1) is 10.2 Å². The average Bonchev–Trinajstić information content (AvgIpc) is 3.72.